The Morgan fingerprint density at radius 2 is 1.57 bits per heavy atom. The lowest BCUT2D eigenvalue weighted by atomic mass is 10.4. The summed E-state index contributed by atoms with van der Waals surface area (Å²) in [5.41, 5.74) is 9.73. The van der Waals surface area contributed by atoms with Gasteiger partial charge in [0.1, 0.15) is 13.1 Å². The predicted molar refractivity (Wildman–Crippen MR) is 47.0 cm³/mol. The van der Waals surface area contributed by atoms with Crippen LogP contribution in [0.5, 0.6) is 0 Å². The molecule has 7 nitrogen and oxygen atoms in total. The van der Waals surface area contributed by atoms with Crippen molar-refractivity contribution in [1.82, 2.24) is 4.90 Å². The van der Waals surface area contributed by atoms with E-state index in [-0.39, 0.29) is 19.7 Å². The van der Waals surface area contributed by atoms with Crippen LogP contribution in [0.3, 0.4) is 0 Å². The summed E-state index contributed by atoms with van der Waals surface area (Å²) >= 11 is 0. The molecule has 0 aromatic rings. The number of primary amides is 2. The number of rotatable bonds is 5. The second kappa shape index (κ2) is 5.79. The van der Waals surface area contributed by atoms with Crippen LogP contribution in [0.4, 0.5) is 4.79 Å². The van der Waals surface area contributed by atoms with Gasteiger partial charge in [-0.1, -0.05) is 0 Å². The van der Waals surface area contributed by atoms with Gasteiger partial charge < -0.3 is 16.2 Å². The standard InChI is InChI=1S/C7H13N3O4/c1-2-14-7(13)10(3-5(8)11)4-6(9)12/h2-4H2,1H3,(H2,8,11)(H2,9,12). The molecule has 0 fully saturated rings. The molecule has 0 aliphatic rings. The molecule has 0 heterocycles. The molecule has 0 unspecified atom stereocenters. The molecular formula is C7H13N3O4. The molecule has 0 aliphatic carbocycles. The van der Waals surface area contributed by atoms with Gasteiger partial charge in [-0.3, -0.25) is 14.5 Å². The molecule has 0 rings (SSSR count). The first-order valence-electron chi connectivity index (χ1n) is 3.95. The van der Waals surface area contributed by atoms with Crippen molar-refractivity contribution < 1.29 is 19.1 Å². The third-order valence-electron chi connectivity index (χ3n) is 1.22. The van der Waals surface area contributed by atoms with Crippen LogP contribution in [0.1, 0.15) is 6.92 Å². The van der Waals surface area contributed by atoms with E-state index in [2.05, 4.69) is 4.74 Å². The Hall–Kier alpha value is -1.79. The van der Waals surface area contributed by atoms with E-state index >= 15 is 0 Å². The second-order valence-corrected chi connectivity index (χ2v) is 2.49. The Labute approximate surface area is 81.0 Å². The third kappa shape index (κ3) is 4.96. The van der Waals surface area contributed by atoms with Gasteiger partial charge in [-0.05, 0) is 6.92 Å². The summed E-state index contributed by atoms with van der Waals surface area (Å²) in [4.78, 5) is 33.0. The average molecular weight is 203 g/mol. The summed E-state index contributed by atoms with van der Waals surface area (Å²) in [6.45, 7) is 0.973. The fraction of sp³-hybridized carbons (Fsp3) is 0.571. The van der Waals surface area contributed by atoms with E-state index in [1.54, 1.807) is 6.92 Å². The molecule has 0 aromatic heterocycles. The first kappa shape index (κ1) is 12.2. The molecule has 80 valence electrons. The molecule has 7 heteroatoms. The smallest absolute Gasteiger partial charge is 0.410 e. The zero-order valence-electron chi connectivity index (χ0n) is 7.86. The number of ether oxygens (including phenoxy) is 1. The van der Waals surface area contributed by atoms with Crippen molar-refractivity contribution in [2.75, 3.05) is 19.7 Å². The molecule has 14 heavy (non-hydrogen) atoms. The summed E-state index contributed by atoms with van der Waals surface area (Å²) < 4.78 is 4.58. The van der Waals surface area contributed by atoms with E-state index in [0.29, 0.717) is 0 Å². The molecule has 0 spiro atoms. The Morgan fingerprint density at radius 1 is 1.14 bits per heavy atom. The average Bonchev–Trinajstić information content (AvgIpc) is 2.01. The SMILES string of the molecule is CCOC(=O)N(CC(N)=O)CC(N)=O. The van der Waals surface area contributed by atoms with Crippen LogP contribution < -0.4 is 11.5 Å². The zero-order chi connectivity index (χ0) is 11.1. The van der Waals surface area contributed by atoms with Crippen LogP contribution in [0.2, 0.25) is 0 Å². The van der Waals surface area contributed by atoms with Crippen LogP contribution in [0.15, 0.2) is 0 Å². The molecule has 4 N–H and O–H groups in total. The fourth-order valence-electron chi connectivity index (χ4n) is 0.776. The van der Waals surface area contributed by atoms with Gasteiger partial charge in [-0.2, -0.15) is 0 Å². The maximum atomic E-state index is 11.1. The van der Waals surface area contributed by atoms with Gasteiger partial charge in [0.2, 0.25) is 11.8 Å². The summed E-state index contributed by atoms with van der Waals surface area (Å²) in [7, 11) is 0. The topological polar surface area (TPSA) is 116 Å². The van der Waals surface area contributed by atoms with Gasteiger partial charge in [0, 0.05) is 0 Å². The third-order valence-corrected chi connectivity index (χ3v) is 1.22. The van der Waals surface area contributed by atoms with Crippen LogP contribution in [0, 0.1) is 0 Å². The number of nitrogens with two attached hydrogens (primary N) is 2. The minimum absolute atomic E-state index is 0.146. The number of hydrogen-bond donors (Lipinski definition) is 2. The highest BCUT2D eigenvalue weighted by Crippen LogP contribution is 1.93. The van der Waals surface area contributed by atoms with Crippen molar-refractivity contribution >= 4 is 17.9 Å². The maximum Gasteiger partial charge on any atom is 0.410 e. The minimum Gasteiger partial charge on any atom is -0.450 e. The first-order valence-corrected chi connectivity index (χ1v) is 3.95. The monoisotopic (exact) mass is 203 g/mol. The second-order valence-electron chi connectivity index (χ2n) is 2.49. The van der Waals surface area contributed by atoms with Gasteiger partial charge in [0.05, 0.1) is 6.61 Å². The van der Waals surface area contributed by atoms with Gasteiger partial charge in [-0.15, -0.1) is 0 Å². The number of carbonyl (C=O) groups excluding carboxylic acids is 3. The molecule has 0 radical (unpaired) electrons. The van der Waals surface area contributed by atoms with Crippen molar-refractivity contribution in [3.8, 4) is 0 Å². The Balaban J connectivity index is 4.29. The van der Waals surface area contributed by atoms with Crippen LogP contribution in [0.25, 0.3) is 0 Å². The van der Waals surface area contributed by atoms with Gasteiger partial charge in [-0.25, -0.2) is 4.79 Å². The lowest BCUT2D eigenvalue weighted by molar-refractivity contribution is -0.121. The van der Waals surface area contributed by atoms with Crippen molar-refractivity contribution in [2.45, 2.75) is 6.92 Å². The van der Waals surface area contributed by atoms with E-state index < -0.39 is 17.9 Å². The Bertz CT molecular complexity index is 225. The zero-order valence-corrected chi connectivity index (χ0v) is 7.86. The molecule has 0 aliphatic heterocycles. The largest absolute Gasteiger partial charge is 0.450 e. The molecule has 0 saturated heterocycles. The van der Waals surface area contributed by atoms with Gasteiger partial charge in [0.25, 0.3) is 0 Å². The molecular weight excluding hydrogens is 190 g/mol. The fourth-order valence-corrected chi connectivity index (χ4v) is 0.776. The highest BCUT2D eigenvalue weighted by atomic mass is 16.6. The highest BCUT2D eigenvalue weighted by molar-refractivity contribution is 5.85. The van der Waals surface area contributed by atoms with Crippen molar-refractivity contribution in [2.24, 2.45) is 11.5 Å². The van der Waals surface area contributed by atoms with Crippen molar-refractivity contribution in [1.29, 1.82) is 0 Å². The number of hydrogen-bond acceptors (Lipinski definition) is 4. The van der Waals surface area contributed by atoms with Crippen LogP contribution in [-0.2, 0) is 14.3 Å². The number of carbonyl (C=O) groups is 3. The van der Waals surface area contributed by atoms with Crippen molar-refractivity contribution in [3.05, 3.63) is 0 Å². The van der Waals surface area contributed by atoms with Crippen LogP contribution >= 0.6 is 0 Å². The quantitative estimate of drug-likeness (QED) is 0.560. The Kier molecular flexibility index (Phi) is 5.05. The molecule has 3 amide bonds. The highest BCUT2D eigenvalue weighted by Gasteiger charge is 2.18. The minimum atomic E-state index is -0.787. The molecule has 0 aromatic carbocycles. The van der Waals surface area contributed by atoms with Crippen molar-refractivity contribution in [3.63, 3.8) is 0 Å². The summed E-state index contributed by atoms with van der Waals surface area (Å²) in [5.74, 6) is -1.47. The summed E-state index contributed by atoms with van der Waals surface area (Å²) in [6.07, 6.45) is -0.787. The first-order chi connectivity index (χ1) is 6.47. The summed E-state index contributed by atoms with van der Waals surface area (Å²) in [5, 5.41) is 0. The van der Waals surface area contributed by atoms with E-state index in [4.69, 9.17) is 11.5 Å². The normalized spacial score (nSPS) is 9.21. The summed E-state index contributed by atoms with van der Waals surface area (Å²) in [6, 6.07) is 0. The number of nitrogens with zero attached hydrogens (tertiary/aromatic N) is 1. The number of amides is 3. The lowest BCUT2D eigenvalue weighted by Gasteiger charge is -2.18. The van der Waals surface area contributed by atoms with E-state index in [1.165, 1.54) is 0 Å². The van der Waals surface area contributed by atoms with Crippen LogP contribution in [-0.4, -0.2) is 42.5 Å². The maximum absolute atomic E-state index is 11.1. The van der Waals surface area contributed by atoms with Gasteiger partial charge in [0.15, 0.2) is 0 Å². The molecule has 0 atom stereocenters. The van der Waals surface area contributed by atoms with E-state index in [1.807, 2.05) is 0 Å². The van der Waals surface area contributed by atoms with E-state index in [9.17, 15) is 14.4 Å². The predicted octanol–water partition coefficient (Wildman–Crippen LogP) is -1.58. The van der Waals surface area contributed by atoms with Gasteiger partial charge >= 0.3 is 6.09 Å². The molecule has 0 bridgehead atoms. The lowest BCUT2D eigenvalue weighted by Crippen LogP contribution is -2.43. The Morgan fingerprint density at radius 3 is 1.86 bits per heavy atom. The molecule has 0 saturated carbocycles. The van der Waals surface area contributed by atoms with E-state index in [0.717, 1.165) is 4.90 Å².